The molecule has 6 bridgehead atoms. The van der Waals surface area contributed by atoms with Crippen LogP contribution < -0.4 is 0 Å². The van der Waals surface area contributed by atoms with Gasteiger partial charge < -0.3 is 9.47 Å². The van der Waals surface area contributed by atoms with Crippen LogP contribution in [0.15, 0.2) is 0 Å². The lowest BCUT2D eigenvalue weighted by atomic mass is 9.62. The molecular weight excluding hydrogens is 312 g/mol. The van der Waals surface area contributed by atoms with E-state index in [1.165, 1.54) is 25.7 Å². The fourth-order valence-electron chi connectivity index (χ4n) is 8.71. The zero-order valence-electron chi connectivity index (χ0n) is 15.6. The monoisotopic (exact) mass is 344 g/mol. The van der Waals surface area contributed by atoms with E-state index in [9.17, 15) is 4.79 Å². The number of esters is 1. The van der Waals surface area contributed by atoms with Crippen LogP contribution in [0, 0.1) is 59.2 Å². The highest BCUT2D eigenvalue weighted by Crippen LogP contribution is 2.71. The van der Waals surface area contributed by atoms with Crippen molar-refractivity contribution >= 4 is 5.97 Å². The molecule has 2 aliphatic heterocycles. The third-order valence-electron chi connectivity index (χ3n) is 9.82. The van der Waals surface area contributed by atoms with Crippen molar-refractivity contribution in [3.63, 3.8) is 0 Å². The molecule has 4 aliphatic carbocycles. The molecule has 0 amide bonds. The van der Waals surface area contributed by atoms with E-state index in [2.05, 4.69) is 13.8 Å². The van der Waals surface area contributed by atoms with Gasteiger partial charge in [0.25, 0.3) is 0 Å². The topological polar surface area (TPSA) is 35.5 Å². The van der Waals surface area contributed by atoms with E-state index < -0.39 is 0 Å². The highest BCUT2D eigenvalue weighted by molar-refractivity contribution is 5.73. The Kier molecular flexibility index (Phi) is 3.25. The molecule has 0 aromatic carbocycles. The molecule has 0 aromatic heterocycles. The molecule has 0 N–H and O–H groups in total. The van der Waals surface area contributed by atoms with Crippen LogP contribution in [0.25, 0.3) is 0 Å². The molecule has 6 aliphatic rings. The van der Waals surface area contributed by atoms with Crippen molar-refractivity contribution in [2.45, 2.75) is 64.6 Å². The molecular formula is C22H32O3. The number of hydrogen-bond acceptors (Lipinski definition) is 3. The Bertz CT molecular complexity index is 588. The first-order valence-electron chi connectivity index (χ1n) is 10.9. The first kappa shape index (κ1) is 15.5. The van der Waals surface area contributed by atoms with E-state index in [1.54, 1.807) is 0 Å². The molecule has 6 rings (SSSR count). The van der Waals surface area contributed by atoms with Gasteiger partial charge in [-0.05, 0) is 85.9 Å². The van der Waals surface area contributed by atoms with E-state index >= 15 is 0 Å². The maximum Gasteiger partial charge on any atom is 0.309 e. The summed E-state index contributed by atoms with van der Waals surface area (Å²) in [6.07, 6.45) is 8.21. The van der Waals surface area contributed by atoms with Crippen LogP contribution in [0.3, 0.4) is 0 Å². The van der Waals surface area contributed by atoms with Crippen molar-refractivity contribution in [1.82, 2.24) is 0 Å². The third kappa shape index (κ3) is 2.00. The standard InChI is InChI=1S/C22H32O3/c1-10-11(2)16-8-15(10)20-12-6-17(21(16)20)18(7-12)22(23)24-9-13-5-14-3-4-19(13)25-14/h10-21H,3-9H2,1-2H3. The SMILES string of the molecule is CC1C(C)C2CC1C1C3CC(C(=O)OCC4CC5CCC4O5)C(C3)C21. The van der Waals surface area contributed by atoms with Crippen molar-refractivity contribution < 1.29 is 14.3 Å². The Labute approximate surface area is 151 Å². The van der Waals surface area contributed by atoms with Crippen LogP contribution in [0.1, 0.15) is 52.4 Å². The fourth-order valence-corrected chi connectivity index (χ4v) is 8.71. The smallest absolute Gasteiger partial charge is 0.309 e. The second-order valence-electron chi connectivity index (χ2n) is 10.4. The maximum absolute atomic E-state index is 12.9. The molecule has 4 saturated carbocycles. The quantitative estimate of drug-likeness (QED) is 0.575. The normalized spacial score (nSPS) is 60.4. The lowest BCUT2D eigenvalue weighted by molar-refractivity contribution is -0.154. The van der Waals surface area contributed by atoms with E-state index in [-0.39, 0.29) is 11.9 Å². The summed E-state index contributed by atoms with van der Waals surface area (Å²) in [6, 6.07) is 0. The zero-order valence-corrected chi connectivity index (χ0v) is 15.6. The van der Waals surface area contributed by atoms with Gasteiger partial charge in [0.2, 0.25) is 0 Å². The Morgan fingerprint density at radius 1 is 0.960 bits per heavy atom. The fraction of sp³-hybridized carbons (Fsp3) is 0.955. The minimum atomic E-state index is 0.136. The summed E-state index contributed by atoms with van der Waals surface area (Å²) < 4.78 is 11.8. The van der Waals surface area contributed by atoms with Crippen LogP contribution in [0.2, 0.25) is 0 Å². The lowest BCUT2D eigenvalue weighted by Gasteiger charge is -2.43. The summed E-state index contributed by atoms with van der Waals surface area (Å²) in [5, 5.41) is 0. The number of ether oxygens (including phenoxy) is 2. The number of carbonyl (C=O) groups excluding carboxylic acids is 1. The van der Waals surface area contributed by atoms with Gasteiger partial charge in [0.1, 0.15) is 0 Å². The Hall–Kier alpha value is -0.570. The van der Waals surface area contributed by atoms with Gasteiger partial charge in [0.15, 0.2) is 0 Å². The molecule has 12 atom stereocenters. The Balaban J connectivity index is 1.12. The Morgan fingerprint density at radius 2 is 1.76 bits per heavy atom. The number of carbonyl (C=O) groups is 1. The average Bonchev–Trinajstić information content (AvgIpc) is 3.41. The van der Waals surface area contributed by atoms with Gasteiger partial charge in [-0.1, -0.05) is 13.8 Å². The number of hydrogen-bond donors (Lipinski definition) is 0. The van der Waals surface area contributed by atoms with Crippen molar-refractivity contribution in [3.05, 3.63) is 0 Å². The highest BCUT2D eigenvalue weighted by atomic mass is 16.5. The van der Waals surface area contributed by atoms with Gasteiger partial charge in [-0.2, -0.15) is 0 Å². The van der Waals surface area contributed by atoms with E-state index in [0.29, 0.717) is 30.7 Å². The van der Waals surface area contributed by atoms with Gasteiger partial charge in [-0.3, -0.25) is 4.79 Å². The Morgan fingerprint density at radius 3 is 2.48 bits per heavy atom. The number of rotatable bonds is 3. The molecule has 3 nitrogen and oxygen atoms in total. The van der Waals surface area contributed by atoms with Crippen molar-refractivity contribution in [2.75, 3.05) is 6.61 Å². The van der Waals surface area contributed by atoms with Gasteiger partial charge in [0, 0.05) is 5.92 Å². The van der Waals surface area contributed by atoms with Gasteiger partial charge in [-0.15, -0.1) is 0 Å². The van der Waals surface area contributed by atoms with Crippen molar-refractivity contribution in [2.24, 2.45) is 59.2 Å². The summed E-state index contributed by atoms with van der Waals surface area (Å²) in [7, 11) is 0. The first-order chi connectivity index (χ1) is 12.1. The van der Waals surface area contributed by atoms with Crippen molar-refractivity contribution in [3.8, 4) is 0 Å². The lowest BCUT2D eigenvalue weighted by Crippen LogP contribution is -2.41. The van der Waals surface area contributed by atoms with Crippen LogP contribution in [-0.2, 0) is 14.3 Å². The van der Waals surface area contributed by atoms with E-state index in [1.807, 2.05) is 0 Å². The molecule has 6 fully saturated rings. The molecule has 2 heterocycles. The second kappa shape index (κ2) is 5.24. The van der Waals surface area contributed by atoms with Crippen LogP contribution in [0.4, 0.5) is 0 Å². The van der Waals surface area contributed by atoms with E-state index in [0.717, 1.165) is 54.3 Å². The molecule has 0 spiro atoms. The first-order valence-corrected chi connectivity index (χ1v) is 10.9. The minimum Gasteiger partial charge on any atom is -0.465 e. The average molecular weight is 344 g/mol. The molecule has 138 valence electrons. The largest absolute Gasteiger partial charge is 0.465 e. The highest BCUT2D eigenvalue weighted by Gasteiger charge is 2.66. The maximum atomic E-state index is 12.9. The number of fused-ring (bicyclic) bond motifs is 11. The molecule has 0 radical (unpaired) electrons. The summed E-state index contributed by atoms with van der Waals surface area (Å²) in [5.41, 5.74) is 0. The molecule has 12 unspecified atom stereocenters. The summed E-state index contributed by atoms with van der Waals surface area (Å²) in [4.78, 5) is 12.9. The minimum absolute atomic E-state index is 0.136. The van der Waals surface area contributed by atoms with Crippen LogP contribution in [0.5, 0.6) is 0 Å². The summed E-state index contributed by atoms with van der Waals surface area (Å²) in [5.74, 6) is 7.72. The molecule has 2 saturated heterocycles. The molecule has 0 aromatic rings. The molecule has 25 heavy (non-hydrogen) atoms. The third-order valence-corrected chi connectivity index (χ3v) is 9.82. The van der Waals surface area contributed by atoms with Crippen molar-refractivity contribution in [1.29, 1.82) is 0 Å². The predicted octanol–water partition coefficient (Wildman–Crippen LogP) is 3.91. The summed E-state index contributed by atoms with van der Waals surface area (Å²) in [6.45, 7) is 5.57. The van der Waals surface area contributed by atoms with Crippen LogP contribution >= 0.6 is 0 Å². The van der Waals surface area contributed by atoms with Gasteiger partial charge >= 0.3 is 5.97 Å². The van der Waals surface area contributed by atoms with E-state index in [4.69, 9.17) is 9.47 Å². The van der Waals surface area contributed by atoms with Crippen LogP contribution in [-0.4, -0.2) is 24.8 Å². The summed E-state index contributed by atoms with van der Waals surface area (Å²) >= 11 is 0. The van der Waals surface area contributed by atoms with Gasteiger partial charge in [-0.25, -0.2) is 0 Å². The second-order valence-corrected chi connectivity index (χ2v) is 10.4. The zero-order chi connectivity index (χ0) is 16.9. The molecule has 3 heteroatoms. The predicted molar refractivity (Wildman–Crippen MR) is 93.6 cm³/mol. The van der Waals surface area contributed by atoms with Gasteiger partial charge in [0.05, 0.1) is 24.7 Å².